The Balaban J connectivity index is 2.28. The van der Waals surface area contributed by atoms with Gasteiger partial charge in [-0.1, -0.05) is 73.3 Å². The Kier molecular flexibility index (Phi) is 5.77. The van der Waals surface area contributed by atoms with Gasteiger partial charge in [0.1, 0.15) is 0 Å². The molecule has 2 heteroatoms. The minimum Gasteiger partial charge on any atom is -0.493 e. The van der Waals surface area contributed by atoms with E-state index in [0.29, 0.717) is 0 Å². The van der Waals surface area contributed by atoms with Crippen LogP contribution >= 0.6 is 0 Å². The molecule has 0 atom stereocenters. The Labute approximate surface area is 160 Å². The lowest BCUT2D eigenvalue weighted by molar-refractivity contribution is 0.355. The molecule has 0 amide bonds. The fourth-order valence-corrected chi connectivity index (χ4v) is 3.25. The van der Waals surface area contributed by atoms with Crippen LogP contribution in [0.2, 0.25) is 0 Å². The summed E-state index contributed by atoms with van der Waals surface area (Å²) in [6.45, 7) is 6.17. The van der Waals surface area contributed by atoms with Crippen LogP contribution < -0.4 is 19.9 Å². The van der Waals surface area contributed by atoms with Gasteiger partial charge in [0.05, 0.1) is 14.2 Å². The number of hydrogen-bond donors (Lipinski definition) is 0. The zero-order valence-electron chi connectivity index (χ0n) is 16.0. The third-order valence-electron chi connectivity index (χ3n) is 4.53. The van der Waals surface area contributed by atoms with E-state index in [0.717, 1.165) is 43.8 Å². The van der Waals surface area contributed by atoms with Crippen molar-refractivity contribution in [2.75, 3.05) is 14.2 Å². The van der Waals surface area contributed by atoms with Crippen LogP contribution in [-0.2, 0) is 0 Å². The Morgan fingerprint density at radius 2 is 1.67 bits per heavy atom. The summed E-state index contributed by atoms with van der Waals surface area (Å²) in [5.74, 6) is 1.45. The number of fused-ring (bicyclic) bond motifs is 1. The van der Waals surface area contributed by atoms with Gasteiger partial charge >= 0.3 is 0 Å². The molecule has 0 aliphatic carbocycles. The van der Waals surface area contributed by atoms with E-state index >= 15 is 0 Å². The lowest BCUT2D eigenvalue weighted by atomic mass is 10.0. The molecule has 2 nitrogen and oxygen atoms in total. The van der Waals surface area contributed by atoms with E-state index in [9.17, 15) is 0 Å². The zero-order chi connectivity index (χ0) is 19.2. The third kappa shape index (κ3) is 3.80. The first kappa shape index (κ1) is 18.5. The standard InChI is InChI=1S/C25H24O2/c1-5-10-19(21-13-8-6-11-18(21)2)15-16-23-22-14-9-7-12-20(22)17-24(26-3)25(23)27-4/h5-17H,2H2,1,3-4H3/b10-5-,16-15+,21-19+. The first-order valence-electron chi connectivity index (χ1n) is 8.92. The van der Waals surface area contributed by atoms with Gasteiger partial charge in [-0.3, -0.25) is 0 Å². The molecule has 0 aliphatic rings. The van der Waals surface area contributed by atoms with E-state index in [1.807, 2.05) is 49.4 Å². The molecular formula is C25H24O2. The topological polar surface area (TPSA) is 18.5 Å². The molecule has 3 aromatic carbocycles. The molecule has 0 spiro atoms. The van der Waals surface area contributed by atoms with Crippen molar-refractivity contribution in [3.05, 3.63) is 88.8 Å². The molecule has 0 radical (unpaired) electrons. The van der Waals surface area contributed by atoms with Crippen molar-refractivity contribution in [3.8, 4) is 11.5 Å². The number of methoxy groups -OCH3 is 2. The Bertz CT molecular complexity index is 1120. The molecule has 0 bridgehead atoms. The van der Waals surface area contributed by atoms with Crippen molar-refractivity contribution in [1.29, 1.82) is 0 Å². The molecule has 0 fully saturated rings. The van der Waals surface area contributed by atoms with Crippen LogP contribution in [0.15, 0.2) is 72.8 Å². The molecule has 0 aliphatic heterocycles. The number of allylic oxidation sites excluding steroid dienone is 3. The average Bonchev–Trinajstić information content (AvgIpc) is 2.70. The van der Waals surface area contributed by atoms with Crippen LogP contribution in [-0.4, -0.2) is 14.2 Å². The maximum absolute atomic E-state index is 5.68. The molecule has 3 aromatic rings. The SMILES string of the molecule is C=c1cccc/c1=C(/C=C\C)\C=C\c1c(OC)c(OC)cc2ccccc12. The van der Waals surface area contributed by atoms with Crippen LogP contribution in [0.3, 0.4) is 0 Å². The maximum atomic E-state index is 5.68. The zero-order valence-corrected chi connectivity index (χ0v) is 16.0. The summed E-state index contributed by atoms with van der Waals surface area (Å²) in [5, 5.41) is 4.34. The number of ether oxygens (including phenoxy) is 2. The van der Waals surface area contributed by atoms with Gasteiger partial charge in [-0.05, 0) is 45.8 Å². The summed E-state index contributed by atoms with van der Waals surface area (Å²) in [5.41, 5.74) is 2.09. The second kappa shape index (κ2) is 8.41. The highest BCUT2D eigenvalue weighted by atomic mass is 16.5. The van der Waals surface area contributed by atoms with Gasteiger partial charge < -0.3 is 9.47 Å². The van der Waals surface area contributed by atoms with Gasteiger partial charge in [0.25, 0.3) is 0 Å². The maximum Gasteiger partial charge on any atom is 0.168 e. The van der Waals surface area contributed by atoms with Crippen LogP contribution in [0.25, 0.3) is 29.0 Å². The lowest BCUT2D eigenvalue weighted by Crippen LogP contribution is -2.23. The summed E-state index contributed by atoms with van der Waals surface area (Å²) >= 11 is 0. The van der Waals surface area contributed by atoms with E-state index in [-0.39, 0.29) is 0 Å². The average molecular weight is 356 g/mol. The molecule has 136 valence electrons. The highest BCUT2D eigenvalue weighted by Gasteiger charge is 2.12. The summed E-state index contributed by atoms with van der Waals surface area (Å²) < 4.78 is 11.2. The van der Waals surface area contributed by atoms with Gasteiger partial charge in [0, 0.05) is 5.56 Å². The van der Waals surface area contributed by atoms with Crippen molar-refractivity contribution in [2.45, 2.75) is 6.92 Å². The summed E-state index contributed by atoms with van der Waals surface area (Å²) in [6, 6.07) is 18.4. The Hall–Kier alpha value is -3.26. The number of rotatable bonds is 5. The van der Waals surface area contributed by atoms with E-state index in [2.05, 4.69) is 43.0 Å². The predicted octanol–water partition coefficient (Wildman–Crippen LogP) is 4.71. The molecule has 0 N–H and O–H groups in total. The Morgan fingerprint density at radius 1 is 0.926 bits per heavy atom. The lowest BCUT2D eigenvalue weighted by Gasteiger charge is -2.14. The van der Waals surface area contributed by atoms with Crippen molar-refractivity contribution in [3.63, 3.8) is 0 Å². The monoisotopic (exact) mass is 356 g/mol. The summed E-state index contributed by atoms with van der Waals surface area (Å²) in [4.78, 5) is 0. The molecule has 3 rings (SSSR count). The van der Waals surface area contributed by atoms with Gasteiger partial charge in [0.2, 0.25) is 0 Å². The summed E-state index contributed by atoms with van der Waals surface area (Å²) in [7, 11) is 3.34. The van der Waals surface area contributed by atoms with Crippen molar-refractivity contribution in [2.24, 2.45) is 0 Å². The van der Waals surface area contributed by atoms with Gasteiger partial charge in [-0.25, -0.2) is 0 Å². The Morgan fingerprint density at radius 3 is 2.37 bits per heavy atom. The molecule has 0 heterocycles. The smallest absolute Gasteiger partial charge is 0.168 e. The molecule has 27 heavy (non-hydrogen) atoms. The van der Waals surface area contributed by atoms with Crippen molar-refractivity contribution < 1.29 is 9.47 Å². The van der Waals surface area contributed by atoms with Crippen LogP contribution in [0.5, 0.6) is 11.5 Å². The molecule has 0 aromatic heterocycles. The number of hydrogen-bond acceptors (Lipinski definition) is 2. The highest BCUT2D eigenvalue weighted by Crippen LogP contribution is 2.38. The van der Waals surface area contributed by atoms with Crippen LogP contribution in [0.4, 0.5) is 0 Å². The summed E-state index contributed by atoms with van der Waals surface area (Å²) in [6.07, 6.45) is 8.32. The normalized spacial score (nSPS) is 12.7. The van der Waals surface area contributed by atoms with Crippen molar-refractivity contribution in [1.82, 2.24) is 0 Å². The second-order valence-electron chi connectivity index (χ2n) is 6.19. The van der Waals surface area contributed by atoms with E-state index in [1.165, 1.54) is 0 Å². The van der Waals surface area contributed by atoms with Gasteiger partial charge in [0.15, 0.2) is 11.5 Å². The first-order chi connectivity index (χ1) is 13.2. The van der Waals surface area contributed by atoms with E-state index in [4.69, 9.17) is 9.47 Å². The fourth-order valence-electron chi connectivity index (χ4n) is 3.25. The first-order valence-corrected chi connectivity index (χ1v) is 8.92. The van der Waals surface area contributed by atoms with Crippen molar-refractivity contribution >= 4 is 29.0 Å². The largest absolute Gasteiger partial charge is 0.493 e. The highest BCUT2D eigenvalue weighted by molar-refractivity contribution is 5.96. The molecule has 0 saturated carbocycles. The second-order valence-corrected chi connectivity index (χ2v) is 6.19. The molecule has 0 saturated heterocycles. The molecular weight excluding hydrogens is 332 g/mol. The number of benzene rings is 3. The van der Waals surface area contributed by atoms with E-state index in [1.54, 1.807) is 14.2 Å². The quantitative estimate of drug-likeness (QED) is 0.659. The molecule has 0 unspecified atom stereocenters. The third-order valence-corrected chi connectivity index (χ3v) is 4.53. The van der Waals surface area contributed by atoms with Gasteiger partial charge in [-0.15, -0.1) is 0 Å². The van der Waals surface area contributed by atoms with Crippen LogP contribution in [0, 0.1) is 0 Å². The minimum absolute atomic E-state index is 0.723. The van der Waals surface area contributed by atoms with Crippen LogP contribution in [0.1, 0.15) is 12.5 Å². The fraction of sp³-hybridized carbons (Fsp3) is 0.120. The van der Waals surface area contributed by atoms with Gasteiger partial charge in [-0.2, -0.15) is 0 Å². The van der Waals surface area contributed by atoms with E-state index < -0.39 is 0 Å². The minimum atomic E-state index is 0.723. The predicted molar refractivity (Wildman–Crippen MR) is 116 cm³/mol.